The first-order valence-corrected chi connectivity index (χ1v) is 14.9. The van der Waals surface area contributed by atoms with Crippen molar-refractivity contribution in [1.29, 1.82) is 0 Å². The zero-order chi connectivity index (χ0) is 29.6. The van der Waals surface area contributed by atoms with Crippen LogP contribution in [0.1, 0.15) is 49.0 Å². The lowest BCUT2D eigenvalue weighted by Crippen LogP contribution is -2.57. The largest absolute Gasteiger partial charge is 0.493 e. The molecule has 0 aliphatic carbocycles. The molecule has 4 bridgehead atoms. The van der Waals surface area contributed by atoms with Crippen molar-refractivity contribution in [1.82, 2.24) is 20.0 Å². The van der Waals surface area contributed by atoms with E-state index in [1.165, 1.54) is 4.90 Å². The van der Waals surface area contributed by atoms with Crippen LogP contribution in [0.15, 0.2) is 42.5 Å². The molecule has 3 aliphatic heterocycles. The monoisotopic (exact) mass is 578 g/mol. The van der Waals surface area contributed by atoms with Gasteiger partial charge in [-0.1, -0.05) is 26.0 Å². The molecular formula is C32H42N4O6. The maximum absolute atomic E-state index is 13.4. The van der Waals surface area contributed by atoms with Crippen molar-refractivity contribution in [3.05, 3.63) is 53.6 Å². The summed E-state index contributed by atoms with van der Waals surface area (Å²) >= 11 is 0. The smallest absolute Gasteiger partial charge is 0.254 e. The summed E-state index contributed by atoms with van der Waals surface area (Å²) in [7, 11) is 1.62. The lowest BCUT2D eigenvalue weighted by atomic mass is 10.0. The quantitative estimate of drug-likeness (QED) is 0.562. The van der Waals surface area contributed by atoms with E-state index in [4.69, 9.17) is 14.2 Å². The SMILES string of the molecule is CC(C)COc1cc2cc(c1)C(=O)N(C)CC(=O)N[C@H]1CCN(CCN3CCCC3=O)C[C@@H]1OCc1cccc(c1)O2. The third-order valence-electron chi connectivity index (χ3n) is 7.88. The third kappa shape index (κ3) is 7.80. The van der Waals surface area contributed by atoms with Crippen LogP contribution in [0.4, 0.5) is 0 Å². The molecule has 0 radical (unpaired) electrons. The number of fused-ring (bicyclic) bond motifs is 5. The van der Waals surface area contributed by atoms with Crippen molar-refractivity contribution in [2.24, 2.45) is 5.92 Å². The predicted molar refractivity (Wildman–Crippen MR) is 158 cm³/mol. The average molecular weight is 579 g/mol. The minimum Gasteiger partial charge on any atom is -0.493 e. The lowest BCUT2D eigenvalue weighted by molar-refractivity contribution is -0.128. The molecule has 1 N–H and O–H groups in total. The standard InChI is InChI=1S/C32H42N4O6/c1-22(2)20-40-26-15-24-16-27(17-26)42-25-7-4-6-23(14-25)21-41-29-18-35(12-13-36-10-5-8-31(36)38)11-9-28(29)33-30(37)19-34(3)32(24)39/h4,6-7,14-17,22,28-29H,5,8-13,18-21H2,1-3H3,(H,33,37)/t28-,29-/m0/s1. The first kappa shape index (κ1) is 29.8. The molecule has 2 aromatic carbocycles. The van der Waals surface area contributed by atoms with Crippen LogP contribution in [0.3, 0.4) is 0 Å². The molecule has 0 unspecified atom stereocenters. The fraction of sp³-hybridized carbons (Fsp3) is 0.531. The van der Waals surface area contributed by atoms with Crippen molar-refractivity contribution in [2.75, 3.05) is 52.9 Å². The van der Waals surface area contributed by atoms with Crippen LogP contribution >= 0.6 is 0 Å². The Morgan fingerprint density at radius 1 is 1.05 bits per heavy atom. The summed E-state index contributed by atoms with van der Waals surface area (Å²) in [6.07, 6.45) is 2.03. The lowest BCUT2D eigenvalue weighted by Gasteiger charge is -2.39. The zero-order valence-electron chi connectivity index (χ0n) is 24.8. The number of piperidine rings is 1. The summed E-state index contributed by atoms with van der Waals surface area (Å²) in [5, 5.41) is 3.14. The summed E-state index contributed by atoms with van der Waals surface area (Å²) in [5.74, 6) is 1.63. The van der Waals surface area contributed by atoms with E-state index in [1.807, 2.05) is 29.2 Å². The Kier molecular flexibility index (Phi) is 9.64. The molecule has 42 heavy (non-hydrogen) atoms. The molecule has 3 amide bonds. The number of rotatable bonds is 6. The molecular weight excluding hydrogens is 536 g/mol. The maximum Gasteiger partial charge on any atom is 0.254 e. The van der Waals surface area contributed by atoms with Crippen LogP contribution in [0, 0.1) is 5.92 Å². The van der Waals surface area contributed by atoms with E-state index in [0.29, 0.717) is 67.9 Å². The van der Waals surface area contributed by atoms with E-state index < -0.39 is 0 Å². The number of carbonyl (C=O) groups excluding carboxylic acids is 3. The number of likely N-dealkylation sites (tertiary alicyclic amines) is 2. The second-order valence-corrected chi connectivity index (χ2v) is 11.9. The van der Waals surface area contributed by atoms with Crippen molar-refractivity contribution in [3.8, 4) is 17.2 Å². The van der Waals surface area contributed by atoms with E-state index in [-0.39, 0.29) is 36.4 Å². The van der Waals surface area contributed by atoms with E-state index in [2.05, 4.69) is 24.1 Å². The first-order chi connectivity index (χ1) is 20.2. The van der Waals surface area contributed by atoms with Gasteiger partial charge < -0.3 is 29.3 Å². The highest BCUT2D eigenvalue weighted by molar-refractivity contribution is 5.97. The van der Waals surface area contributed by atoms with Crippen LogP contribution in [0.5, 0.6) is 17.2 Å². The number of amides is 3. The zero-order valence-corrected chi connectivity index (χ0v) is 24.8. The van der Waals surface area contributed by atoms with Gasteiger partial charge in [-0.05, 0) is 48.6 Å². The van der Waals surface area contributed by atoms with E-state index in [0.717, 1.165) is 31.6 Å². The van der Waals surface area contributed by atoms with Gasteiger partial charge in [0.25, 0.3) is 5.91 Å². The minimum absolute atomic E-state index is 0.0881. The highest BCUT2D eigenvalue weighted by atomic mass is 16.5. The van der Waals surface area contributed by atoms with E-state index in [9.17, 15) is 14.4 Å². The number of benzene rings is 2. The molecule has 0 aromatic heterocycles. The fourth-order valence-electron chi connectivity index (χ4n) is 5.62. The molecule has 10 heteroatoms. The Hall–Kier alpha value is -3.63. The van der Waals surface area contributed by atoms with Crippen molar-refractivity contribution in [2.45, 2.75) is 51.9 Å². The van der Waals surface area contributed by atoms with Gasteiger partial charge in [0, 0.05) is 57.8 Å². The van der Waals surface area contributed by atoms with Crippen LogP contribution in [0.2, 0.25) is 0 Å². The van der Waals surface area contributed by atoms with Gasteiger partial charge in [0.15, 0.2) is 0 Å². The normalized spacial score (nSPS) is 22.1. The molecule has 0 saturated carbocycles. The Balaban J connectivity index is 1.36. The van der Waals surface area contributed by atoms with Crippen LogP contribution in [0.25, 0.3) is 0 Å². The minimum atomic E-state index is -0.301. The van der Waals surface area contributed by atoms with Crippen LogP contribution in [-0.4, -0.2) is 97.5 Å². The fourth-order valence-corrected chi connectivity index (χ4v) is 5.62. The number of carbonyl (C=O) groups is 3. The molecule has 2 aromatic rings. The van der Waals surface area contributed by atoms with Gasteiger partial charge in [-0.3, -0.25) is 19.3 Å². The van der Waals surface area contributed by atoms with Gasteiger partial charge in [-0.2, -0.15) is 0 Å². The van der Waals surface area contributed by atoms with Crippen LogP contribution in [-0.2, 0) is 20.9 Å². The first-order valence-electron chi connectivity index (χ1n) is 14.9. The average Bonchev–Trinajstić information content (AvgIpc) is 3.38. The summed E-state index contributed by atoms with van der Waals surface area (Å²) < 4.78 is 18.6. The Labute approximate surface area is 247 Å². The van der Waals surface area contributed by atoms with Gasteiger partial charge in [0.1, 0.15) is 17.2 Å². The van der Waals surface area contributed by atoms with E-state index >= 15 is 0 Å². The summed E-state index contributed by atoms with van der Waals surface area (Å²) in [4.78, 5) is 44.3. The summed E-state index contributed by atoms with van der Waals surface area (Å²) in [6.45, 7) is 8.61. The second kappa shape index (κ2) is 13.6. The molecule has 3 heterocycles. The van der Waals surface area contributed by atoms with Gasteiger partial charge in [-0.15, -0.1) is 0 Å². The number of nitrogens with one attached hydrogen (secondary N) is 1. The molecule has 3 aliphatic rings. The highest BCUT2D eigenvalue weighted by Crippen LogP contribution is 2.29. The predicted octanol–water partition coefficient (Wildman–Crippen LogP) is 3.30. The molecule has 2 saturated heterocycles. The third-order valence-corrected chi connectivity index (χ3v) is 7.88. The molecule has 10 nitrogen and oxygen atoms in total. The van der Waals surface area contributed by atoms with Gasteiger partial charge in [-0.25, -0.2) is 0 Å². The Bertz CT molecular complexity index is 1280. The van der Waals surface area contributed by atoms with E-state index in [1.54, 1.807) is 25.2 Å². The van der Waals surface area contributed by atoms with Gasteiger partial charge in [0.05, 0.1) is 31.9 Å². The van der Waals surface area contributed by atoms with Gasteiger partial charge in [0.2, 0.25) is 11.8 Å². The molecule has 5 rings (SSSR count). The van der Waals surface area contributed by atoms with Crippen LogP contribution < -0.4 is 14.8 Å². The molecule has 226 valence electrons. The summed E-state index contributed by atoms with van der Waals surface area (Å²) in [5.41, 5.74) is 1.32. The second-order valence-electron chi connectivity index (χ2n) is 11.9. The summed E-state index contributed by atoms with van der Waals surface area (Å²) in [6, 6.07) is 12.6. The Morgan fingerprint density at radius 3 is 2.69 bits per heavy atom. The number of likely N-dealkylation sites (N-methyl/N-ethyl adjacent to an activating group) is 1. The molecule has 2 fully saturated rings. The number of ether oxygens (including phenoxy) is 3. The van der Waals surface area contributed by atoms with Crippen molar-refractivity contribution < 1.29 is 28.6 Å². The maximum atomic E-state index is 13.4. The number of hydrogen-bond acceptors (Lipinski definition) is 7. The Morgan fingerprint density at radius 2 is 1.90 bits per heavy atom. The molecule has 0 spiro atoms. The number of nitrogens with zero attached hydrogens (tertiary/aromatic N) is 3. The topological polar surface area (TPSA) is 101 Å². The van der Waals surface area contributed by atoms with Crippen molar-refractivity contribution >= 4 is 17.7 Å². The highest BCUT2D eigenvalue weighted by Gasteiger charge is 2.32. The molecule has 2 atom stereocenters. The number of hydrogen-bond donors (Lipinski definition) is 1. The van der Waals surface area contributed by atoms with Gasteiger partial charge >= 0.3 is 0 Å². The van der Waals surface area contributed by atoms with Crippen molar-refractivity contribution in [3.63, 3.8) is 0 Å².